The van der Waals surface area contributed by atoms with Crippen LogP contribution in [0.2, 0.25) is 0 Å². The van der Waals surface area contributed by atoms with E-state index in [1.54, 1.807) is 6.07 Å². The molecule has 0 heterocycles. The van der Waals surface area contributed by atoms with E-state index in [-0.39, 0.29) is 0 Å². The molecule has 0 aromatic heterocycles. The molecule has 0 radical (unpaired) electrons. The number of nitrogens with two attached hydrogens (primary N) is 1. The molecule has 3 nitrogen and oxygen atoms in total. The second-order valence-electron chi connectivity index (χ2n) is 3.81. The maximum absolute atomic E-state index is 10.8. The number of hydrogen-bond donors (Lipinski definition) is 2. The summed E-state index contributed by atoms with van der Waals surface area (Å²) in [4.78, 5) is 10.8. The summed E-state index contributed by atoms with van der Waals surface area (Å²) in [5.41, 5.74) is 8.22. The quantitative estimate of drug-likeness (QED) is 0.846. The molecular weight excluding hydrogens is 214 g/mol. The largest absolute Gasteiger partial charge is 0.480 e. The highest BCUT2D eigenvalue weighted by Crippen LogP contribution is 2.22. The Morgan fingerprint density at radius 1 is 1.00 bits per heavy atom. The monoisotopic (exact) mass is 227 g/mol. The highest BCUT2D eigenvalue weighted by molar-refractivity contribution is 5.76. The second-order valence-corrected chi connectivity index (χ2v) is 3.81. The summed E-state index contributed by atoms with van der Waals surface area (Å²) in [6, 6.07) is 16.1. The molecule has 0 saturated heterocycles. The summed E-state index contributed by atoms with van der Waals surface area (Å²) in [7, 11) is 0. The fourth-order valence-electron chi connectivity index (χ4n) is 1.68. The van der Waals surface area contributed by atoms with Crippen molar-refractivity contribution < 1.29 is 9.90 Å². The Bertz CT molecular complexity index is 523. The molecule has 0 spiro atoms. The van der Waals surface area contributed by atoms with Crippen molar-refractivity contribution in [2.45, 2.75) is 6.04 Å². The van der Waals surface area contributed by atoms with Gasteiger partial charge in [0, 0.05) is 0 Å². The molecule has 2 rings (SSSR count). The first-order valence-corrected chi connectivity index (χ1v) is 5.32. The van der Waals surface area contributed by atoms with Crippen LogP contribution in [0, 0.1) is 0 Å². The molecule has 0 amide bonds. The van der Waals surface area contributed by atoms with Crippen LogP contribution in [0.15, 0.2) is 54.6 Å². The van der Waals surface area contributed by atoms with Crippen molar-refractivity contribution >= 4 is 5.97 Å². The van der Waals surface area contributed by atoms with E-state index < -0.39 is 12.0 Å². The van der Waals surface area contributed by atoms with Crippen LogP contribution >= 0.6 is 0 Å². The normalized spacial score (nSPS) is 12.1. The van der Waals surface area contributed by atoms with Gasteiger partial charge in [-0.2, -0.15) is 0 Å². The summed E-state index contributed by atoms with van der Waals surface area (Å²) in [6.45, 7) is 0. The van der Waals surface area contributed by atoms with Gasteiger partial charge in [0.05, 0.1) is 0 Å². The van der Waals surface area contributed by atoms with Gasteiger partial charge in [-0.25, -0.2) is 0 Å². The number of hydrogen-bond acceptors (Lipinski definition) is 2. The van der Waals surface area contributed by atoms with Gasteiger partial charge >= 0.3 is 5.97 Å². The highest BCUT2D eigenvalue weighted by atomic mass is 16.4. The Morgan fingerprint density at radius 2 is 1.65 bits per heavy atom. The standard InChI is InChI=1S/C14H13NO2/c15-13(14(16)17)12-8-4-7-11(9-12)10-5-2-1-3-6-10/h1-9,13H,15H2,(H,16,17). The van der Waals surface area contributed by atoms with E-state index in [2.05, 4.69) is 0 Å². The first-order valence-electron chi connectivity index (χ1n) is 5.32. The molecule has 86 valence electrons. The van der Waals surface area contributed by atoms with E-state index in [9.17, 15) is 4.79 Å². The molecule has 0 saturated carbocycles. The van der Waals surface area contributed by atoms with Gasteiger partial charge in [-0.3, -0.25) is 4.79 Å². The average Bonchev–Trinajstić information content (AvgIpc) is 2.39. The molecule has 2 aromatic carbocycles. The lowest BCUT2D eigenvalue weighted by Gasteiger charge is -2.09. The Morgan fingerprint density at radius 3 is 2.29 bits per heavy atom. The van der Waals surface area contributed by atoms with Crippen molar-refractivity contribution in [2.24, 2.45) is 5.73 Å². The van der Waals surface area contributed by atoms with Gasteiger partial charge in [-0.05, 0) is 22.8 Å². The van der Waals surface area contributed by atoms with Crippen LogP contribution in [0.3, 0.4) is 0 Å². The van der Waals surface area contributed by atoms with Gasteiger partial charge in [0.1, 0.15) is 6.04 Å². The van der Waals surface area contributed by atoms with Crippen LogP contribution in [-0.2, 0) is 4.79 Å². The molecule has 0 aliphatic carbocycles. The van der Waals surface area contributed by atoms with Crippen LogP contribution < -0.4 is 5.73 Å². The number of rotatable bonds is 3. The Labute approximate surface area is 99.5 Å². The molecule has 3 N–H and O–H groups in total. The minimum atomic E-state index is -1.02. The molecule has 17 heavy (non-hydrogen) atoms. The zero-order chi connectivity index (χ0) is 12.3. The summed E-state index contributed by atoms with van der Waals surface area (Å²) < 4.78 is 0. The molecular formula is C14H13NO2. The Hall–Kier alpha value is -2.13. The van der Waals surface area contributed by atoms with E-state index in [4.69, 9.17) is 10.8 Å². The zero-order valence-corrected chi connectivity index (χ0v) is 9.21. The number of carboxylic acids is 1. The van der Waals surface area contributed by atoms with Crippen molar-refractivity contribution in [3.8, 4) is 11.1 Å². The number of carboxylic acid groups (broad SMARTS) is 1. The van der Waals surface area contributed by atoms with Crippen molar-refractivity contribution in [1.82, 2.24) is 0 Å². The topological polar surface area (TPSA) is 63.3 Å². The third-order valence-corrected chi connectivity index (χ3v) is 2.62. The highest BCUT2D eigenvalue weighted by Gasteiger charge is 2.14. The van der Waals surface area contributed by atoms with Gasteiger partial charge in [-0.1, -0.05) is 48.5 Å². The zero-order valence-electron chi connectivity index (χ0n) is 9.21. The minimum absolute atomic E-state index is 0.610. The third-order valence-electron chi connectivity index (χ3n) is 2.62. The number of aliphatic carboxylic acids is 1. The summed E-state index contributed by atoms with van der Waals surface area (Å²) >= 11 is 0. The van der Waals surface area contributed by atoms with Crippen molar-refractivity contribution in [1.29, 1.82) is 0 Å². The van der Waals surface area contributed by atoms with Crippen LogP contribution in [0.4, 0.5) is 0 Å². The maximum Gasteiger partial charge on any atom is 0.325 e. The van der Waals surface area contributed by atoms with Crippen molar-refractivity contribution in [2.75, 3.05) is 0 Å². The lowest BCUT2D eigenvalue weighted by Crippen LogP contribution is -2.20. The van der Waals surface area contributed by atoms with Crippen LogP contribution in [0.5, 0.6) is 0 Å². The number of carbonyl (C=O) groups is 1. The molecule has 3 heteroatoms. The molecule has 0 aliphatic heterocycles. The first kappa shape index (κ1) is 11.4. The number of benzene rings is 2. The molecule has 1 atom stereocenters. The molecule has 2 aromatic rings. The lowest BCUT2D eigenvalue weighted by atomic mass is 10.00. The predicted molar refractivity (Wildman–Crippen MR) is 66.4 cm³/mol. The average molecular weight is 227 g/mol. The predicted octanol–water partition coefficient (Wildman–Crippen LogP) is 2.44. The molecule has 0 bridgehead atoms. The van der Waals surface area contributed by atoms with E-state index >= 15 is 0 Å². The van der Waals surface area contributed by atoms with Crippen LogP contribution in [0.25, 0.3) is 11.1 Å². The van der Waals surface area contributed by atoms with E-state index in [0.717, 1.165) is 11.1 Å². The van der Waals surface area contributed by atoms with Crippen molar-refractivity contribution in [3.05, 3.63) is 60.2 Å². The van der Waals surface area contributed by atoms with E-state index in [1.807, 2.05) is 48.5 Å². The van der Waals surface area contributed by atoms with E-state index in [1.165, 1.54) is 0 Å². The van der Waals surface area contributed by atoms with Crippen LogP contribution in [0.1, 0.15) is 11.6 Å². The van der Waals surface area contributed by atoms with E-state index in [0.29, 0.717) is 5.56 Å². The smallest absolute Gasteiger partial charge is 0.325 e. The summed E-state index contributed by atoms with van der Waals surface area (Å²) in [5.74, 6) is -1.02. The summed E-state index contributed by atoms with van der Waals surface area (Å²) in [5, 5.41) is 8.87. The van der Waals surface area contributed by atoms with Gasteiger partial charge in [0.2, 0.25) is 0 Å². The van der Waals surface area contributed by atoms with Gasteiger partial charge in [0.15, 0.2) is 0 Å². The molecule has 0 fully saturated rings. The van der Waals surface area contributed by atoms with Gasteiger partial charge in [0.25, 0.3) is 0 Å². The van der Waals surface area contributed by atoms with Gasteiger partial charge in [-0.15, -0.1) is 0 Å². The first-order chi connectivity index (χ1) is 8.18. The Balaban J connectivity index is 2.39. The van der Waals surface area contributed by atoms with Crippen LogP contribution in [-0.4, -0.2) is 11.1 Å². The molecule has 0 aliphatic rings. The fourth-order valence-corrected chi connectivity index (χ4v) is 1.68. The minimum Gasteiger partial charge on any atom is -0.480 e. The SMILES string of the molecule is NC(C(=O)O)c1cccc(-c2ccccc2)c1. The van der Waals surface area contributed by atoms with Crippen molar-refractivity contribution in [3.63, 3.8) is 0 Å². The maximum atomic E-state index is 10.8. The second kappa shape index (κ2) is 4.80. The molecule has 1 unspecified atom stereocenters. The fraction of sp³-hybridized carbons (Fsp3) is 0.0714. The third kappa shape index (κ3) is 2.52. The Kier molecular flexibility index (Phi) is 3.21. The summed E-state index contributed by atoms with van der Waals surface area (Å²) in [6.07, 6.45) is 0. The van der Waals surface area contributed by atoms with Gasteiger partial charge < -0.3 is 10.8 Å². The lowest BCUT2D eigenvalue weighted by molar-refractivity contribution is -0.138.